The third-order valence-corrected chi connectivity index (χ3v) is 3.25. The molecule has 0 heterocycles. The molecule has 0 unspecified atom stereocenters. The summed E-state index contributed by atoms with van der Waals surface area (Å²) in [6.45, 7) is -0.344. The minimum Gasteiger partial charge on any atom is -0.481 e. The second kappa shape index (κ2) is 7.92. The van der Waals surface area contributed by atoms with Crippen molar-refractivity contribution in [2.75, 3.05) is 20.8 Å². The van der Waals surface area contributed by atoms with Crippen LogP contribution in [0.4, 0.5) is 0 Å². The van der Waals surface area contributed by atoms with Crippen LogP contribution in [0.3, 0.4) is 0 Å². The molecule has 0 saturated carbocycles. The van der Waals surface area contributed by atoms with E-state index >= 15 is 0 Å². The van der Waals surface area contributed by atoms with E-state index in [-0.39, 0.29) is 29.3 Å². The summed E-state index contributed by atoms with van der Waals surface area (Å²) in [6, 6.07) is 12.8. The van der Waals surface area contributed by atoms with Crippen molar-refractivity contribution in [1.82, 2.24) is 0 Å². The van der Waals surface area contributed by atoms with Gasteiger partial charge < -0.3 is 14.2 Å². The van der Waals surface area contributed by atoms with Gasteiger partial charge in [0.15, 0.2) is 12.4 Å². The van der Waals surface area contributed by atoms with Crippen molar-refractivity contribution in [2.45, 2.75) is 0 Å². The first-order valence-corrected chi connectivity index (χ1v) is 7.08. The number of carbonyl (C=O) groups is 3. The third kappa shape index (κ3) is 3.98. The molecule has 2 aromatic carbocycles. The molecule has 0 saturated heterocycles. The lowest BCUT2D eigenvalue weighted by Gasteiger charge is -2.11. The Hall–Kier alpha value is -3.15. The molecule has 0 radical (unpaired) electrons. The molecule has 0 N–H and O–H groups in total. The highest BCUT2D eigenvalue weighted by Gasteiger charge is 2.18. The van der Waals surface area contributed by atoms with E-state index in [4.69, 9.17) is 4.74 Å². The lowest BCUT2D eigenvalue weighted by Crippen LogP contribution is -2.15. The molecular formula is C18H16O6. The van der Waals surface area contributed by atoms with Gasteiger partial charge in [0, 0.05) is 5.56 Å². The fourth-order valence-corrected chi connectivity index (χ4v) is 2.02. The van der Waals surface area contributed by atoms with E-state index in [1.807, 2.05) is 0 Å². The highest BCUT2D eigenvalue weighted by molar-refractivity contribution is 6.11. The molecule has 24 heavy (non-hydrogen) atoms. The van der Waals surface area contributed by atoms with Crippen molar-refractivity contribution < 1.29 is 28.6 Å². The van der Waals surface area contributed by atoms with Crippen LogP contribution >= 0.6 is 0 Å². The summed E-state index contributed by atoms with van der Waals surface area (Å²) in [4.78, 5) is 35.6. The van der Waals surface area contributed by atoms with Crippen molar-refractivity contribution in [1.29, 1.82) is 0 Å². The Labute approximate surface area is 139 Å². The van der Waals surface area contributed by atoms with Gasteiger partial charge in [0.25, 0.3) is 0 Å². The first kappa shape index (κ1) is 17.2. The minimum absolute atomic E-state index is 0.160. The monoisotopic (exact) mass is 328 g/mol. The zero-order valence-corrected chi connectivity index (χ0v) is 13.3. The summed E-state index contributed by atoms with van der Waals surface area (Å²) in [5, 5.41) is 0. The van der Waals surface area contributed by atoms with Gasteiger partial charge in [-0.2, -0.15) is 0 Å². The van der Waals surface area contributed by atoms with Crippen LogP contribution in [-0.4, -0.2) is 38.5 Å². The van der Waals surface area contributed by atoms with Crippen LogP contribution in [0.1, 0.15) is 26.3 Å². The maximum Gasteiger partial charge on any atom is 0.343 e. The largest absolute Gasteiger partial charge is 0.481 e. The van der Waals surface area contributed by atoms with E-state index in [1.54, 1.807) is 30.3 Å². The molecule has 0 aromatic heterocycles. The molecule has 6 heteroatoms. The molecular weight excluding hydrogens is 312 g/mol. The number of hydrogen-bond acceptors (Lipinski definition) is 6. The van der Waals surface area contributed by atoms with Crippen LogP contribution in [-0.2, 0) is 14.3 Å². The van der Waals surface area contributed by atoms with E-state index in [9.17, 15) is 14.4 Å². The molecule has 0 amide bonds. The van der Waals surface area contributed by atoms with Gasteiger partial charge in [0.05, 0.1) is 25.3 Å². The Balaban J connectivity index is 2.41. The molecule has 0 bridgehead atoms. The number of esters is 2. The Morgan fingerprint density at radius 3 is 2.21 bits per heavy atom. The topological polar surface area (TPSA) is 78.9 Å². The van der Waals surface area contributed by atoms with Crippen LogP contribution in [0, 0.1) is 0 Å². The average molecular weight is 328 g/mol. The van der Waals surface area contributed by atoms with Crippen LogP contribution < -0.4 is 4.74 Å². The van der Waals surface area contributed by atoms with Crippen LogP contribution in [0.5, 0.6) is 5.75 Å². The minimum atomic E-state index is -0.579. The fourth-order valence-electron chi connectivity index (χ4n) is 2.02. The van der Waals surface area contributed by atoms with Crippen molar-refractivity contribution >= 4 is 17.7 Å². The third-order valence-electron chi connectivity index (χ3n) is 3.25. The fraction of sp³-hybridized carbons (Fsp3) is 0.167. The average Bonchev–Trinajstić information content (AvgIpc) is 2.65. The quantitative estimate of drug-likeness (QED) is 0.598. The first-order chi connectivity index (χ1) is 11.6. The number of hydrogen-bond donors (Lipinski definition) is 0. The molecule has 6 nitrogen and oxygen atoms in total. The molecule has 2 rings (SSSR count). The highest BCUT2D eigenvalue weighted by Crippen LogP contribution is 2.24. The van der Waals surface area contributed by atoms with Gasteiger partial charge in [-0.3, -0.25) is 4.79 Å². The summed E-state index contributed by atoms with van der Waals surface area (Å²) in [6.07, 6.45) is 0. The van der Waals surface area contributed by atoms with Gasteiger partial charge in [0.2, 0.25) is 0 Å². The van der Waals surface area contributed by atoms with Crippen LogP contribution in [0.15, 0.2) is 48.5 Å². The van der Waals surface area contributed by atoms with E-state index in [0.717, 1.165) is 0 Å². The first-order valence-electron chi connectivity index (χ1n) is 7.08. The molecule has 0 spiro atoms. The second-order valence-corrected chi connectivity index (χ2v) is 4.76. The van der Waals surface area contributed by atoms with Crippen LogP contribution in [0.2, 0.25) is 0 Å². The van der Waals surface area contributed by atoms with Crippen molar-refractivity contribution in [3.8, 4) is 5.75 Å². The van der Waals surface area contributed by atoms with E-state index in [0.29, 0.717) is 5.56 Å². The maximum absolute atomic E-state index is 12.7. The molecule has 0 aliphatic heterocycles. The standard InChI is InChI=1S/C18H16O6/c1-22-16(19)11-24-15-9-8-13(18(21)23-2)10-14(15)17(20)12-6-4-3-5-7-12/h3-10H,11H2,1-2H3. The van der Waals surface area contributed by atoms with Gasteiger partial charge in [0.1, 0.15) is 5.75 Å². The predicted octanol–water partition coefficient (Wildman–Crippen LogP) is 2.26. The highest BCUT2D eigenvalue weighted by atomic mass is 16.6. The number of methoxy groups -OCH3 is 2. The zero-order chi connectivity index (χ0) is 17.5. The number of rotatable bonds is 6. The molecule has 0 aliphatic rings. The second-order valence-electron chi connectivity index (χ2n) is 4.76. The number of carbonyl (C=O) groups excluding carboxylic acids is 3. The summed E-state index contributed by atoms with van der Waals surface area (Å²) >= 11 is 0. The Morgan fingerprint density at radius 1 is 0.875 bits per heavy atom. The molecule has 0 fully saturated rings. The van der Waals surface area contributed by atoms with Gasteiger partial charge in [-0.1, -0.05) is 30.3 Å². The summed E-state index contributed by atoms with van der Waals surface area (Å²) < 4.78 is 14.5. The smallest absolute Gasteiger partial charge is 0.343 e. The zero-order valence-electron chi connectivity index (χ0n) is 13.3. The summed E-state index contributed by atoms with van der Waals surface area (Å²) in [5.41, 5.74) is 0.803. The van der Waals surface area contributed by atoms with E-state index in [1.165, 1.54) is 32.4 Å². The number of benzene rings is 2. The van der Waals surface area contributed by atoms with Crippen LogP contribution in [0.25, 0.3) is 0 Å². The van der Waals surface area contributed by atoms with Crippen molar-refractivity contribution in [2.24, 2.45) is 0 Å². The summed E-state index contributed by atoms with van der Waals surface area (Å²) in [5.74, 6) is -1.30. The molecule has 0 aliphatic carbocycles. The van der Waals surface area contributed by atoms with E-state index in [2.05, 4.69) is 9.47 Å². The maximum atomic E-state index is 12.7. The Kier molecular flexibility index (Phi) is 5.68. The Morgan fingerprint density at radius 2 is 1.58 bits per heavy atom. The van der Waals surface area contributed by atoms with Gasteiger partial charge >= 0.3 is 11.9 Å². The van der Waals surface area contributed by atoms with Crippen molar-refractivity contribution in [3.05, 3.63) is 65.2 Å². The van der Waals surface area contributed by atoms with Gasteiger partial charge in [-0.05, 0) is 18.2 Å². The van der Waals surface area contributed by atoms with Gasteiger partial charge in [-0.15, -0.1) is 0 Å². The lowest BCUT2D eigenvalue weighted by molar-refractivity contribution is -0.142. The summed E-state index contributed by atoms with van der Waals surface area (Å²) in [7, 11) is 2.49. The SMILES string of the molecule is COC(=O)COc1ccc(C(=O)OC)cc1C(=O)c1ccccc1. The van der Waals surface area contributed by atoms with Crippen molar-refractivity contribution in [3.63, 3.8) is 0 Å². The number of ether oxygens (including phenoxy) is 3. The lowest BCUT2D eigenvalue weighted by atomic mass is 10.0. The molecule has 124 valence electrons. The number of ketones is 1. The molecule has 0 atom stereocenters. The molecule has 2 aromatic rings. The normalized spacial score (nSPS) is 9.92. The Bertz CT molecular complexity index is 751. The van der Waals surface area contributed by atoms with E-state index < -0.39 is 11.9 Å². The van der Waals surface area contributed by atoms with Gasteiger partial charge in [-0.25, -0.2) is 9.59 Å². The predicted molar refractivity (Wildman–Crippen MR) is 85.2 cm³/mol.